The molecule has 1 aliphatic heterocycles. The lowest BCUT2D eigenvalue weighted by molar-refractivity contribution is -0.0648. The van der Waals surface area contributed by atoms with Crippen molar-refractivity contribution in [3.63, 3.8) is 0 Å². The predicted octanol–water partition coefficient (Wildman–Crippen LogP) is 3.75. The van der Waals surface area contributed by atoms with E-state index in [0.717, 1.165) is 18.8 Å². The molecule has 4 rings (SSSR count). The van der Waals surface area contributed by atoms with Gasteiger partial charge in [-0.15, -0.1) is 0 Å². The van der Waals surface area contributed by atoms with Crippen LogP contribution in [0.1, 0.15) is 37.0 Å². The maximum absolute atomic E-state index is 5.52. The summed E-state index contributed by atoms with van der Waals surface area (Å²) >= 11 is 0. The van der Waals surface area contributed by atoms with E-state index in [1.807, 2.05) is 12.3 Å². The molecule has 4 nitrogen and oxygen atoms in total. The number of furan rings is 2. The molecule has 4 heteroatoms. The smallest absolute Gasteiger partial charge is 0.117 e. The molecule has 1 spiro atoms. The molecule has 23 heavy (non-hydrogen) atoms. The van der Waals surface area contributed by atoms with Crippen LogP contribution in [0.15, 0.2) is 45.8 Å². The number of piperidine rings is 1. The molecular formula is C19H26N2O2. The SMILES string of the molecule is CN(Cc1ccco1)[C@@H]1CCC12CCN(Cc1ccoc1)CC2. The standard InChI is InChI=1S/C19H26N2O2/c1-20(14-17-3-2-11-23-17)18-4-6-19(18)7-9-21(10-8-19)13-16-5-12-22-15-16/h2-3,5,11-12,15,18H,4,6-10,13-14H2,1H3/t18-/m1/s1. The zero-order valence-corrected chi connectivity index (χ0v) is 13.9. The first-order valence-electron chi connectivity index (χ1n) is 8.71. The molecule has 0 N–H and O–H groups in total. The van der Waals surface area contributed by atoms with Gasteiger partial charge in [-0.05, 0) is 69.4 Å². The average Bonchev–Trinajstić information content (AvgIpc) is 3.21. The summed E-state index contributed by atoms with van der Waals surface area (Å²) < 4.78 is 10.7. The molecule has 2 aliphatic rings. The molecule has 0 unspecified atom stereocenters. The van der Waals surface area contributed by atoms with Gasteiger partial charge in [-0.2, -0.15) is 0 Å². The Labute approximate surface area is 138 Å². The minimum atomic E-state index is 0.536. The van der Waals surface area contributed by atoms with Crippen LogP contribution in [-0.4, -0.2) is 36.0 Å². The average molecular weight is 314 g/mol. The number of hydrogen-bond acceptors (Lipinski definition) is 4. The van der Waals surface area contributed by atoms with Crippen LogP contribution in [0.2, 0.25) is 0 Å². The highest BCUT2D eigenvalue weighted by molar-refractivity contribution is 5.08. The third kappa shape index (κ3) is 2.98. The first-order valence-corrected chi connectivity index (χ1v) is 8.71. The van der Waals surface area contributed by atoms with E-state index in [4.69, 9.17) is 8.83 Å². The summed E-state index contributed by atoms with van der Waals surface area (Å²) in [6.07, 6.45) is 10.8. The molecule has 1 aliphatic carbocycles. The summed E-state index contributed by atoms with van der Waals surface area (Å²) in [4.78, 5) is 5.08. The number of nitrogens with zero attached hydrogens (tertiary/aromatic N) is 2. The van der Waals surface area contributed by atoms with Gasteiger partial charge in [0, 0.05) is 18.2 Å². The molecule has 0 radical (unpaired) electrons. The summed E-state index contributed by atoms with van der Waals surface area (Å²) in [6, 6.07) is 6.85. The van der Waals surface area contributed by atoms with Gasteiger partial charge in [-0.3, -0.25) is 9.80 Å². The van der Waals surface area contributed by atoms with E-state index in [9.17, 15) is 0 Å². The first kappa shape index (κ1) is 15.0. The third-order valence-corrected chi connectivity index (χ3v) is 5.98. The summed E-state index contributed by atoms with van der Waals surface area (Å²) in [5.74, 6) is 1.08. The van der Waals surface area contributed by atoms with Crippen molar-refractivity contribution in [2.24, 2.45) is 5.41 Å². The van der Waals surface area contributed by atoms with Crippen molar-refractivity contribution in [1.82, 2.24) is 9.80 Å². The van der Waals surface area contributed by atoms with Crippen molar-refractivity contribution in [2.75, 3.05) is 20.1 Å². The maximum atomic E-state index is 5.52. The van der Waals surface area contributed by atoms with Gasteiger partial charge in [0.05, 0.1) is 25.3 Å². The highest BCUT2D eigenvalue weighted by Crippen LogP contribution is 2.51. The predicted molar refractivity (Wildman–Crippen MR) is 88.8 cm³/mol. The Hall–Kier alpha value is -1.52. The Morgan fingerprint density at radius 2 is 2.09 bits per heavy atom. The van der Waals surface area contributed by atoms with Crippen molar-refractivity contribution in [1.29, 1.82) is 0 Å². The molecule has 124 valence electrons. The second-order valence-corrected chi connectivity index (χ2v) is 7.32. The Morgan fingerprint density at radius 3 is 2.70 bits per heavy atom. The lowest BCUT2D eigenvalue weighted by Crippen LogP contribution is -2.57. The van der Waals surface area contributed by atoms with Gasteiger partial charge in [0.1, 0.15) is 5.76 Å². The Balaban J connectivity index is 1.33. The van der Waals surface area contributed by atoms with E-state index in [2.05, 4.69) is 29.0 Å². The van der Waals surface area contributed by atoms with E-state index in [0.29, 0.717) is 11.5 Å². The monoisotopic (exact) mass is 314 g/mol. The fourth-order valence-corrected chi connectivity index (χ4v) is 4.51. The highest BCUT2D eigenvalue weighted by atomic mass is 16.3. The van der Waals surface area contributed by atoms with Crippen LogP contribution in [0.5, 0.6) is 0 Å². The molecule has 0 aromatic carbocycles. The molecule has 1 saturated carbocycles. The molecule has 2 aromatic heterocycles. The summed E-state index contributed by atoms with van der Waals surface area (Å²) in [7, 11) is 2.26. The van der Waals surface area contributed by atoms with Crippen molar-refractivity contribution in [2.45, 2.75) is 44.8 Å². The van der Waals surface area contributed by atoms with E-state index < -0.39 is 0 Å². The zero-order valence-electron chi connectivity index (χ0n) is 13.9. The van der Waals surface area contributed by atoms with Crippen LogP contribution in [0.4, 0.5) is 0 Å². The lowest BCUT2D eigenvalue weighted by Gasteiger charge is -2.57. The number of likely N-dealkylation sites (tertiary alicyclic amines) is 1. The third-order valence-electron chi connectivity index (χ3n) is 5.98. The quantitative estimate of drug-likeness (QED) is 0.841. The minimum absolute atomic E-state index is 0.536. The largest absolute Gasteiger partial charge is 0.472 e. The van der Waals surface area contributed by atoms with E-state index in [1.165, 1.54) is 44.3 Å². The van der Waals surface area contributed by atoms with E-state index in [-0.39, 0.29) is 0 Å². The summed E-state index contributed by atoms with van der Waals surface area (Å²) in [5.41, 5.74) is 1.83. The fourth-order valence-electron chi connectivity index (χ4n) is 4.51. The first-order chi connectivity index (χ1) is 11.3. The molecule has 0 amide bonds. The summed E-state index contributed by atoms with van der Waals surface area (Å²) in [6.45, 7) is 4.37. The Morgan fingerprint density at radius 1 is 1.22 bits per heavy atom. The normalized spacial score (nSPS) is 24.2. The minimum Gasteiger partial charge on any atom is -0.472 e. The van der Waals surface area contributed by atoms with Crippen LogP contribution in [-0.2, 0) is 13.1 Å². The Kier molecular flexibility index (Phi) is 4.04. The summed E-state index contributed by atoms with van der Waals surface area (Å²) in [5, 5.41) is 0. The van der Waals surface area contributed by atoms with Gasteiger partial charge in [0.25, 0.3) is 0 Å². The van der Waals surface area contributed by atoms with E-state index >= 15 is 0 Å². The van der Waals surface area contributed by atoms with Crippen LogP contribution >= 0.6 is 0 Å². The molecular weight excluding hydrogens is 288 g/mol. The van der Waals surface area contributed by atoms with Gasteiger partial charge in [0.2, 0.25) is 0 Å². The Bertz CT molecular complexity index is 597. The fraction of sp³-hybridized carbons (Fsp3) is 0.579. The van der Waals surface area contributed by atoms with Gasteiger partial charge in [-0.1, -0.05) is 0 Å². The molecule has 1 saturated heterocycles. The van der Waals surface area contributed by atoms with Crippen molar-refractivity contribution in [3.8, 4) is 0 Å². The number of rotatable bonds is 5. The topological polar surface area (TPSA) is 32.8 Å². The molecule has 2 aromatic rings. The van der Waals surface area contributed by atoms with Gasteiger partial charge >= 0.3 is 0 Å². The zero-order chi connectivity index (χ0) is 15.7. The highest BCUT2D eigenvalue weighted by Gasteiger charge is 2.49. The second-order valence-electron chi connectivity index (χ2n) is 7.32. The van der Waals surface area contributed by atoms with Crippen LogP contribution < -0.4 is 0 Å². The van der Waals surface area contributed by atoms with Crippen molar-refractivity contribution in [3.05, 3.63) is 48.3 Å². The molecule has 3 heterocycles. The second kappa shape index (κ2) is 6.17. The van der Waals surface area contributed by atoms with Gasteiger partial charge in [-0.25, -0.2) is 0 Å². The number of hydrogen-bond donors (Lipinski definition) is 0. The molecule has 0 bridgehead atoms. The molecule has 2 fully saturated rings. The van der Waals surface area contributed by atoms with Crippen LogP contribution in [0, 0.1) is 5.41 Å². The molecule has 1 atom stereocenters. The van der Waals surface area contributed by atoms with Gasteiger partial charge in [0.15, 0.2) is 0 Å². The lowest BCUT2D eigenvalue weighted by atomic mass is 9.58. The van der Waals surface area contributed by atoms with Crippen molar-refractivity contribution < 1.29 is 8.83 Å². The van der Waals surface area contributed by atoms with Crippen molar-refractivity contribution >= 4 is 0 Å². The van der Waals surface area contributed by atoms with Gasteiger partial charge < -0.3 is 8.83 Å². The van der Waals surface area contributed by atoms with Crippen LogP contribution in [0.25, 0.3) is 0 Å². The maximum Gasteiger partial charge on any atom is 0.117 e. The van der Waals surface area contributed by atoms with E-state index in [1.54, 1.807) is 12.5 Å². The van der Waals surface area contributed by atoms with Crippen LogP contribution in [0.3, 0.4) is 0 Å².